The van der Waals surface area contributed by atoms with E-state index in [0.717, 1.165) is 76.3 Å². The van der Waals surface area contributed by atoms with Gasteiger partial charge in [0.15, 0.2) is 6.61 Å². The van der Waals surface area contributed by atoms with E-state index in [4.69, 9.17) is 9.15 Å². The summed E-state index contributed by atoms with van der Waals surface area (Å²) in [4.78, 5) is 10.8. The molecule has 1 N–H and O–H groups in total. The first-order valence-corrected chi connectivity index (χ1v) is 13.5. The number of tetrazole rings is 1. The summed E-state index contributed by atoms with van der Waals surface area (Å²) in [7, 11) is 0. The molecule has 0 bridgehead atoms. The normalized spacial score (nSPS) is 11.8. The highest BCUT2D eigenvalue weighted by Gasteiger charge is 2.30. The van der Waals surface area contributed by atoms with Gasteiger partial charge in [-0.3, -0.25) is 0 Å². The van der Waals surface area contributed by atoms with Crippen LogP contribution in [0.15, 0.2) is 83.3 Å². The zero-order chi connectivity index (χ0) is 29.1. The molecule has 0 aliphatic heterocycles. The molecular formula is C32H25F3N4O3. The van der Waals surface area contributed by atoms with Crippen LogP contribution in [0.1, 0.15) is 36.2 Å². The number of fused-ring (bicyclic) bond motifs is 2. The number of unbranched alkanes of at least 4 members (excludes halogenated alkanes) is 2. The fraction of sp³-hybridized carbons (Fsp3) is 0.188. The van der Waals surface area contributed by atoms with Gasteiger partial charge < -0.3 is 13.9 Å². The molecule has 42 heavy (non-hydrogen) atoms. The van der Waals surface area contributed by atoms with Gasteiger partial charge in [0.2, 0.25) is 5.82 Å². The average molecular weight is 571 g/mol. The first-order chi connectivity index (χ1) is 20.4. The number of aromatic nitrogens is 4. The lowest BCUT2D eigenvalue weighted by molar-refractivity contribution is -0.137. The number of nitrogens with one attached hydrogen (secondary N) is 1. The molecule has 6 aromatic rings. The lowest BCUT2D eigenvalue weighted by Gasteiger charge is -2.16. The molecule has 0 radical (unpaired) electrons. The number of rotatable bonds is 10. The summed E-state index contributed by atoms with van der Waals surface area (Å²) in [6.45, 7) is 0.0279. The number of H-pyrrole nitrogens is 1. The molecule has 0 atom stereocenters. The van der Waals surface area contributed by atoms with E-state index in [9.17, 15) is 18.0 Å². The zero-order valence-electron chi connectivity index (χ0n) is 22.3. The topological polar surface area (TPSA) is 93.9 Å². The van der Waals surface area contributed by atoms with Crippen LogP contribution in [0.25, 0.3) is 44.2 Å². The molecule has 0 aliphatic rings. The van der Waals surface area contributed by atoms with Gasteiger partial charge >= 0.3 is 6.18 Å². The van der Waals surface area contributed by atoms with Crippen molar-refractivity contribution >= 4 is 28.0 Å². The van der Waals surface area contributed by atoms with Gasteiger partial charge in [-0.05, 0) is 65.9 Å². The highest BCUT2D eigenvalue weighted by atomic mass is 19.4. The Morgan fingerprint density at radius 2 is 1.71 bits per heavy atom. The lowest BCUT2D eigenvalue weighted by Crippen LogP contribution is -2.04. The van der Waals surface area contributed by atoms with Crippen LogP contribution in [0, 0.1) is 0 Å². The van der Waals surface area contributed by atoms with Crippen molar-refractivity contribution in [3.8, 4) is 28.2 Å². The van der Waals surface area contributed by atoms with Crippen LogP contribution in [0.4, 0.5) is 13.2 Å². The molecule has 6 rings (SSSR count). The monoisotopic (exact) mass is 570 g/mol. The van der Waals surface area contributed by atoms with E-state index >= 15 is 0 Å². The van der Waals surface area contributed by atoms with Gasteiger partial charge in [-0.15, -0.1) is 10.2 Å². The smallest absolute Gasteiger partial charge is 0.416 e. The molecule has 2 aromatic heterocycles. The summed E-state index contributed by atoms with van der Waals surface area (Å²) >= 11 is 0. The number of aryl methyl sites for hydroxylation is 1. The standard InChI is InChI=1S/C32H25F3N4O3/c33-32(34,35)23-13-9-20(10-14-23)30-24-15-11-22(18-21(24)12-16-28(30)41-19-29-36-38-39-37-29)31-26(7-2-1-5-17-40)25-6-3-4-8-27(25)42-31/h3-4,6,8-18H,1-2,5,7,19H2,(H,36,37,38,39). The predicted molar refractivity (Wildman–Crippen MR) is 152 cm³/mol. The first-order valence-electron chi connectivity index (χ1n) is 13.5. The molecule has 0 spiro atoms. The summed E-state index contributed by atoms with van der Waals surface area (Å²) in [5.41, 5.74) is 3.24. The number of carbonyl (C=O) groups is 1. The number of hydrogen-bond donors (Lipinski definition) is 1. The summed E-state index contributed by atoms with van der Waals surface area (Å²) in [5.74, 6) is 1.58. The number of hydrogen-bond acceptors (Lipinski definition) is 6. The minimum absolute atomic E-state index is 0.0279. The quantitative estimate of drug-likeness (QED) is 0.133. The maximum absolute atomic E-state index is 13.3. The van der Waals surface area contributed by atoms with Gasteiger partial charge in [0.25, 0.3) is 0 Å². The molecule has 212 valence electrons. The van der Waals surface area contributed by atoms with Crippen LogP contribution >= 0.6 is 0 Å². The van der Waals surface area contributed by atoms with Gasteiger partial charge in [-0.2, -0.15) is 18.4 Å². The van der Waals surface area contributed by atoms with Gasteiger partial charge in [0.1, 0.15) is 23.4 Å². The fourth-order valence-corrected chi connectivity index (χ4v) is 5.19. The molecule has 0 unspecified atom stereocenters. The third kappa shape index (κ3) is 5.47. The van der Waals surface area contributed by atoms with Gasteiger partial charge in [0, 0.05) is 28.5 Å². The van der Waals surface area contributed by atoms with Gasteiger partial charge in [-0.1, -0.05) is 53.7 Å². The summed E-state index contributed by atoms with van der Waals surface area (Å²) in [6.07, 6.45) is -0.581. The largest absolute Gasteiger partial charge is 0.485 e. The van der Waals surface area contributed by atoms with E-state index in [1.165, 1.54) is 12.1 Å². The van der Waals surface area contributed by atoms with E-state index in [1.54, 1.807) is 6.07 Å². The van der Waals surface area contributed by atoms with Gasteiger partial charge in [-0.25, -0.2) is 0 Å². The minimum Gasteiger partial charge on any atom is -0.485 e. The number of halogens is 3. The van der Waals surface area contributed by atoms with Crippen molar-refractivity contribution in [2.45, 2.75) is 38.5 Å². The Kier molecular flexibility index (Phi) is 7.43. The number of aldehydes is 1. The van der Waals surface area contributed by atoms with E-state index in [1.807, 2.05) is 48.5 Å². The van der Waals surface area contributed by atoms with Crippen molar-refractivity contribution < 1.29 is 27.1 Å². The maximum Gasteiger partial charge on any atom is 0.416 e. The van der Waals surface area contributed by atoms with Crippen molar-refractivity contribution in [2.24, 2.45) is 0 Å². The van der Waals surface area contributed by atoms with Crippen molar-refractivity contribution in [3.05, 3.63) is 95.8 Å². The Hall–Kier alpha value is -4.99. The molecule has 7 nitrogen and oxygen atoms in total. The van der Waals surface area contributed by atoms with Crippen LogP contribution in [0.2, 0.25) is 0 Å². The second kappa shape index (κ2) is 11.5. The third-order valence-electron chi connectivity index (χ3n) is 7.19. The molecule has 0 amide bonds. The molecule has 0 fully saturated rings. The number of ether oxygens (including phenoxy) is 1. The Balaban J connectivity index is 1.44. The van der Waals surface area contributed by atoms with Crippen molar-refractivity contribution in [3.63, 3.8) is 0 Å². The number of benzene rings is 4. The van der Waals surface area contributed by atoms with Crippen LogP contribution in [-0.4, -0.2) is 26.9 Å². The lowest BCUT2D eigenvalue weighted by atomic mass is 9.93. The van der Waals surface area contributed by atoms with E-state index in [2.05, 4.69) is 20.6 Å². The predicted octanol–water partition coefficient (Wildman–Crippen LogP) is 7.94. The van der Waals surface area contributed by atoms with E-state index in [-0.39, 0.29) is 6.61 Å². The summed E-state index contributed by atoms with van der Waals surface area (Å²) in [6, 6.07) is 22.5. The molecule has 2 heterocycles. The Morgan fingerprint density at radius 3 is 2.48 bits per heavy atom. The second-order valence-electron chi connectivity index (χ2n) is 9.88. The van der Waals surface area contributed by atoms with Crippen LogP contribution < -0.4 is 4.74 Å². The molecule has 10 heteroatoms. The van der Waals surface area contributed by atoms with Crippen molar-refractivity contribution in [1.29, 1.82) is 0 Å². The van der Waals surface area contributed by atoms with Crippen molar-refractivity contribution in [2.75, 3.05) is 0 Å². The molecule has 4 aromatic carbocycles. The Morgan fingerprint density at radius 1 is 0.905 bits per heavy atom. The van der Waals surface area contributed by atoms with Crippen LogP contribution in [0.3, 0.4) is 0 Å². The first kappa shape index (κ1) is 27.2. The molecule has 0 saturated carbocycles. The van der Waals surface area contributed by atoms with Crippen LogP contribution in [0.5, 0.6) is 5.75 Å². The van der Waals surface area contributed by atoms with Gasteiger partial charge in [0.05, 0.1) is 5.56 Å². The number of aromatic amines is 1. The summed E-state index contributed by atoms with van der Waals surface area (Å²) in [5, 5.41) is 16.4. The van der Waals surface area contributed by atoms with E-state index < -0.39 is 11.7 Å². The number of alkyl halides is 3. The SMILES string of the molecule is O=CCCCCc1c(-c2ccc3c(-c4ccc(C(F)(F)F)cc4)c(OCc4nn[nH]n4)ccc3c2)oc2ccccc12. The van der Waals surface area contributed by atoms with E-state index in [0.29, 0.717) is 29.1 Å². The minimum atomic E-state index is -4.44. The Bertz CT molecular complexity index is 1850. The maximum atomic E-state index is 13.3. The summed E-state index contributed by atoms with van der Waals surface area (Å²) < 4.78 is 52.2. The molecular weight excluding hydrogens is 545 g/mol. The molecule has 0 saturated heterocycles. The number of furan rings is 1. The number of para-hydroxylation sites is 1. The highest BCUT2D eigenvalue weighted by Crippen LogP contribution is 2.42. The average Bonchev–Trinajstić information content (AvgIpc) is 3.65. The fourth-order valence-electron chi connectivity index (χ4n) is 5.19. The zero-order valence-corrected chi connectivity index (χ0v) is 22.3. The number of nitrogens with zero attached hydrogens (tertiary/aromatic N) is 3. The Labute approximate surface area is 238 Å². The second-order valence-corrected chi connectivity index (χ2v) is 9.88. The number of carbonyl (C=O) groups excluding carboxylic acids is 1. The highest BCUT2D eigenvalue weighted by molar-refractivity contribution is 6.02. The molecule has 0 aliphatic carbocycles. The third-order valence-corrected chi connectivity index (χ3v) is 7.19. The van der Waals surface area contributed by atoms with Crippen LogP contribution in [-0.2, 0) is 24.0 Å². The van der Waals surface area contributed by atoms with Crippen molar-refractivity contribution in [1.82, 2.24) is 20.6 Å².